The Labute approximate surface area is 135 Å². The van der Waals surface area contributed by atoms with E-state index in [9.17, 15) is 13.5 Å². The minimum Gasteiger partial charge on any atom is -0.384 e. The van der Waals surface area contributed by atoms with Crippen molar-refractivity contribution in [2.75, 3.05) is 6.54 Å². The van der Waals surface area contributed by atoms with Gasteiger partial charge in [-0.05, 0) is 30.2 Å². The Bertz CT molecular complexity index is 730. The Morgan fingerprint density at radius 2 is 1.82 bits per heavy atom. The lowest BCUT2D eigenvalue weighted by Gasteiger charge is -2.24. The van der Waals surface area contributed by atoms with Gasteiger partial charge in [0.2, 0.25) is 10.0 Å². The van der Waals surface area contributed by atoms with Crippen LogP contribution in [0.1, 0.15) is 18.1 Å². The summed E-state index contributed by atoms with van der Waals surface area (Å²) in [6, 6.07) is 15.6. The summed E-state index contributed by atoms with van der Waals surface area (Å²) in [5.41, 5.74) is -0.0253. The van der Waals surface area contributed by atoms with Crippen LogP contribution in [-0.4, -0.2) is 20.1 Å². The third-order valence-electron chi connectivity index (χ3n) is 3.28. The third kappa shape index (κ3) is 4.81. The van der Waals surface area contributed by atoms with Crippen molar-refractivity contribution in [1.82, 2.24) is 4.72 Å². The molecule has 2 N–H and O–H groups in total. The molecule has 0 bridgehead atoms. The predicted octanol–water partition coefficient (Wildman–Crippen LogP) is 2.67. The molecule has 0 radical (unpaired) electrons. The van der Waals surface area contributed by atoms with E-state index in [1.54, 1.807) is 55.5 Å². The van der Waals surface area contributed by atoms with Gasteiger partial charge in [-0.3, -0.25) is 0 Å². The lowest BCUT2D eigenvalue weighted by atomic mass is 9.97. The summed E-state index contributed by atoms with van der Waals surface area (Å²) in [6.07, 6.45) is 0. The Morgan fingerprint density at radius 3 is 2.45 bits per heavy atom. The van der Waals surface area contributed by atoms with E-state index in [0.717, 1.165) is 0 Å². The van der Waals surface area contributed by atoms with E-state index in [0.29, 0.717) is 16.1 Å². The largest absolute Gasteiger partial charge is 0.384 e. The van der Waals surface area contributed by atoms with Crippen LogP contribution in [-0.2, 0) is 21.4 Å². The van der Waals surface area contributed by atoms with Crippen LogP contribution in [0.3, 0.4) is 0 Å². The number of hydrogen-bond acceptors (Lipinski definition) is 3. The summed E-state index contributed by atoms with van der Waals surface area (Å²) in [4.78, 5) is 0. The molecule has 0 spiro atoms. The van der Waals surface area contributed by atoms with E-state index in [1.165, 1.54) is 0 Å². The molecule has 1 unspecified atom stereocenters. The van der Waals surface area contributed by atoms with Crippen LogP contribution >= 0.6 is 11.6 Å². The van der Waals surface area contributed by atoms with E-state index in [2.05, 4.69) is 4.72 Å². The number of halogens is 1. The molecule has 0 aliphatic rings. The summed E-state index contributed by atoms with van der Waals surface area (Å²) in [7, 11) is -3.56. The summed E-state index contributed by atoms with van der Waals surface area (Å²) >= 11 is 5.85. The second-order valence-corrected chi connectivity index (χ2v) is 7.59. The van der Waals surface area contributed by atoms with Gasteiger partial charge in [0, 0.05) is 11.6 Å². The quantitative estimate of drug-likeness (QED) is 0.850. The number of rotatable bonds is 6. The molecule has 2 rings (SSSR count). The van der Waals surface area contributed by atoms with E-state index in [4.69, 9.17) is 11.6 Å². The zero-order chi connectivity index (χ0) is 16.2. The molecule has 22 heavy (non-hydrogen) atoms. The molecule has 118 valence electrons. The van der Waals surface area contributed by atoms with Crippen molar-refractivity contribution in [3.8, 4) is 0 Å². The SMILES string of the molecule is CC(O)(CNS(=O)(=O)Cc1cccc(Cl)c1)c1ccccc1. The molecule has 0 aromatic heterocycles. The molecule has 0 aliphatic carbocycles. The number of sulfonamides is 1. The highest BCUT2D eigenvalue weighted by molar-refractivity contribution is 7.88. The van der Waals surface area contributed by atoms with Gasteiger partial charge in [0.15, 0.2) is 0 Å². The van der Waals surface area contributed by atoms with Crippen molar-refractivity contribution in [3.05, 3.63) is 70.7 Å². The molecule has 0 fully saturated rings. The Balaban J connectivity index is 2.03. The Hall–Kier alpha value is -1.40. The predicted molar refractivity (Wildman–Crippen MR) is 88.1 cm³/mol. The van der Waals surface area contributed by atoms with Crippen LogP contribution in [0.4, 0.5) is 0 Å². The van der Waals surface area contributed by atoms with Gasteiger partial charge in [-0.2, -0.15) is 0 Å². The van der Waals surface area contributed by atoms with Crippen molar-refractivity contribution in [1.29, 1.82) is 0 Å². The first kappa shape index (κ1) is 17.0. The third-order valence-corrected chi connectivity index (χ3v) is 4.81. The first-order valence-corrected chi connectivity index (χ1v) is 8.81. The fourth-order valence-electron chi connectivity index (χ4n) is 2.05. The zero-order valence-electron chi connectivity index (χ0n) is 12.2. The maximum absolute atomic E-state index is 12.1. The number of aliphatic hydroxyl groups is 1. The number of nitrogens with one attached hydrogen (secondary N) is 1. The van der Waals surface area contributed by atoms with Gasteiger partial charge in [0.05, 0.1) is 5.75 Å². The molecule has 0 amide bonds. The highest BCUT2D eigenvalue weighted by Gasteiger charge is 2.25. The molecular formula is C16H18ClNO3S. The fourth-order valence-corrected chi connectivity index (χ4v) is 3.48. The topological polar surface area (TPSA) is 66.4 Å². The Kier molecular flexibility index (Phi) is 5.24. The Morgan fingerprint density at radius 1 is 1.14 bits per heavy atom. The van der Waals surface area contributed by atoms with Crippen LogP contribution in [0.25, 0.3) is 0 Å². The first-order chi connectivity index (χ1) is 10.3. The first-order valence-electron chi connectivity index (χ1n) is 6.78. The molecule has 1 atom stereocenters. The lowest BCUT2D eigenvalue weighted by Crippen LogP contribution is -2.39. The van der Waals surface area contributed by atoms with E-state index in [1.807, 2.05) is 6.07 Å². The zero-order valence-corrected chi connectivity index (χ0v) is 13.7. The normalized spacial score (nSPS) is 14.5. The van der Waals surface area contributed by atoms with Crippen LogP contribution < -0.4 is 4.72 Å². The van der Waals surface area contributed by atoms with Crippen molar-refractivity contribution in [3.63, 3.8) is 0 Å². The van der Waals surface area contributed by atoms with Crippen LogP contribution in [0.2, 0.25) is 5.02 Å². The standard InChI is InChI=1S/C16H18ClNO3S/c1-16(19,14-7-3-2-4-8-14)12-18-22(20,21)11-13-6-5-9-15(17)10-13/h2-10,18-19H,11-12H2,1H3. The van der Waals surface area contributed by atoms with Crippen molar-refractivity contribution >= 4 is 21.6 Å². The van der Waals surface area contributed by atoms with Crippen LogP contribution in [0.15, 0.2) is 54.6 Å². The van der Waals surface area contributed by atoms with Gasteiger partial charge in [-0.15, -0.1) is 0 Å². The summed E-state index contributed by atoms with van der Waals surface area (Å²) in [5.74, 6) is -0.182. The highest BCUT2D eigenvalue weighted by Crippen LogP contribution is 2.20. The van der Waals surface area contributed by atoms with E-state index < -0.39 is 15.6 Å². The summed E-state index contributed by atoms with van der Waals surface area (Å²) in [6.45, 7) is 1.48. The molecule has 0 saturated heterocycles. The lowest BCUT2D eigenvalue weighted by molar-refractivity contribution is 0.0627. The molecule has 0 aliphatic heterocycles. The van der Waals surface area contributed by atoms with Gasteiger partial charge in [0.25, 0.3) is 0 Å². The van der Waals surface area contributed by atoms with Gasteiger partial charge in [-0.25, -0.2) is 13.1 Å². The van der Waals surface area contributed by atoms with Crippen molar-refractivity contribution in [2.24, 2.45) is 0 Å². The molecule has 0 heterocycles. The van der Waals surface area contributed by atoms with Gasteiger partial charge in [0.1, 0.15) is 5.60 Å². The van der Waals surface area contributed by atoms with E-state index >= 15 is 0 Å². The second-order valence-electron chi connectivity index (χ2n) is 5.35. The second kappa shape index (κ2) is 6.79. The maximum atomic E-state index is 12.1. The molecule has 4 nitrogen and oxygen atoms in total. The molecule has 2 aromatic carbocycles. The average Bonchev–Trinajstić information content (AvgIpc) is 2.46. The minimum absolute atomic E-state index is 0.0973. The van der Waals surface area contributed by atoms with E-state index in [-0.39, 0.29) is 12.3 Å². The van der Waals surface area contributed by atoms with Gasteiger partial charge < -0.3 is 5.11 Å². The van der Waals surface area contributed by atoms with Gasteiger partial charge >= 0.3 is 0 Å². The minimum atomic E-state index is -3.56. The number of benzene rings is 2. The molecule has 0 saturated carbocycles. The van der Waals surface area contributed by atoms with Crippen LogP contribution in [0.5, 0.6) is 0 Å². The highest BCUT2D eigenvalue weighted by atomic mass is 35.5. The van der Waals surface area contributed by atoms with Gasteiger partial charge in [-0.1, -0.05) is 54.1 Å². The summed E-state index contributed by atoms with van der Waals surface area (Å²) < 4.78 is 26.7. The summed E-state index contributed by atoms with van der Waals surface area (Å²) in [5, 5.41) is 10.9. The number of hydrogen-bond donors (Lipinski definition) is 2. The van der Waals surface area contributed by atoms with Crippen LogP contribution in [0, 0.1) is 0 Å². The molecular weight excluding hydrogens is 322 g/mol. The monoisotopic (exact) mass is 339 g/mol. The fraction of sp³-hybridized carbons (Fsp3) is 0.250. The average molecular weight is 340 g/mol. The van der Waals surface area contributed by atoms with Crippen molar-refractivity contribution in [2.45, 2.75) is 18.3 Å². The maximum Gasteiger partial charge on any atom is 0.215 e. The molecule has 6 heteroatoms. The van der Waals surface area contributed by atoms with Crippen molar-refractivity contribution < 1.29 is 13.5 Å². The smallest absolute Gasteiger partial charge is 0.215 e. The molecule has 2 aromatic rings.